The molecule has 0 atom stereocenters. The number of anilines is 1. The molecule has 0 bridgehead atoms. The van der Waals surface area contributed by atoms with Crippen LogP contribution < -0.4 is 10.0 Å². The number of imidazole rings is 1. The summed E-state index contributed by atoms with van der Waals surface area (Å²) in [5.74, 6) is 0. The van der Waals surface area contributed by atoms with Gasteiger partial charge >= 0.3 is 0 Å². The first-order valence-electron chi connectivity index (χ1n) is 5.86. The van der Waals surface area contributed by atoms with Crippen LogP contribution in [0.5, 0.6) is 0 Å². The number of nitrogens with zero attached hydrogens (tertiary/aromatic N) is 1. The third-order valence-electron chi connectivity index (χ3n) is 2.69. The van der Waals surface area contributed by atoms with Crippen LogP contribution in [0.25, 0.3) is 0 Å². The lowest BCUT2D eigenvalue weighted by molar-refractivity contribution is 0.581. The third kappa shape index (κ3) is 3.55. The van der Waals surface area contributed by atoms with Crippen LogP contribution in [0.2, 0.25) is 0 Å². The van der Waals surface area contributed by atoms with E-state index in [1.54, 1.807) is 43.8 Å². The summed E-state index contributed by atoms with van der Waals surface area (Å²) in [5.41, 5.74) is 1.77. The van der Waals surface area contributed by atoms with Crippen molar-refractivity contribution in [3.63, 3.8) is 0 Å². The Balaban J connectivity index is 1.97. The predicted octanol–water partition coefficient (Wildman–Crippen LogP) is 0.972. The second kappa shape index (κ2) is 5.85. The van der Waals surface area contributed by atoms with Crippen molar-refractivity contribution < 1.29 is 8.42 Å². The second-order valence-electron chi connectivity index (χ2n) is 4.00. The number of sulfonamides is 1. The Hall–Kier alpha value is -1.86. The Kier molecular flexibility index (Phi) is 4.18. The van der Waals surface area contributed by atoms with Gasteiger partial charge in [0.1, 0.15) is 0 Å². The molecule has 0 saturated carbocycles. The van der Waals surface area contributed by atoms with Gasteiger partial charge in [-0.3, -0.25) is 0 Å². The minimum Gasteiger partial charge on any atom is -0.388 e. The number of H-pyrrole nitrogens is 1. The smallest absolute Gasteiger partial charge is 0.240 e. The molecule has 0 fully saturated rings. The molecule has 1 heterocycles. The van der Waals surface area contributed by atoms with Crippen molar-refractivity contribution in [2.24, 2.45) is 0 Å². The molecule has 0 amide bonds. The maximum atomic E-state index is 12.0. The topological polar surface area (TPSA) is 86.9 Å². The molecule has 1 aromatic carbocycles. The molecule has 0 radical (unpaired) electrons. The first-order chi connectivity index (χ1) is 9.12. The molecule has 0 saturated heterocycles. The summed E-state index contributed by atoms with van der Waals surface area (Å²) in [4.78, 5) is 7.06. The van der Waals surface area contributed by atoms with Crippen LogP contribution in [0, 0.1) is 0 Å². The Morgan fingerprint density at radius 1 is 1.26 bits per heavy atom. The highest BCUT2D eigenvalue weighted by atomic mass is 32.2. The van der Waals surface area contributed by atoms with Gasteiger partial charge < -0.3 is 10.3 Å². The summed E-state index contributed by atoms with van der Waals surface area (Å²) in [6.45, 7) is 0.332. The minimum absolute atomic E-state index is 0.260. The van der Waals surface area contributed by atoms with E-state index in [4.69, 9.17) is 0 Å². The van der Waals surface area contributed by atoms with E-state index in [1.165, 1.54) is 0 Å². The van der Waals surface area contributed by atoms with Crippen LogP contribution in [0.4, 0.5) is 5.69 Å². The zero-order chi connectivity index (χ0) is 13.7. The normalized spacial score (nSPS) is 11.4. The highest BCUT2D eigenvalue weighted by Crippen LogP contribution is 2.13. The molecule has 2 aromatic rings. The number of hydrogen-bond donors (Lipinski definition) is 3. The van der Waals surface area contributed by atoms with E-state index in [0.717, 1.165) is 11.4 Å². The molecular formula is C12H16N4O2S. The fourth-order valence-electron chi connectivity index (χ4n) is 1.63. The molecule has 0 unspecified atom stereocenters. The summed E-state index contributed by atoms with van der Waals surface area (Å²) < 4.78 is 26.6. The Morgan fingerprint density at radius 3 is 2.58 bits per heavy atom. The number of aromatic nitrogens is 2. The van der Waals surface area contributed by atoms with Crippen molar-refractivity contribution >= 4 is 15.7 Å². The average molecular weight is 280 g/mol. The summed E-state index contributed by atoms with van der Waals surface area (Å²) >= 11 is 0. The van der Waals surface area contributed by atoms with Gasteiger partial charge in [-0.1, -0.05) is 0 Å². The van der Waals surface area contributed by atoms with Gasteiger partial charge in [0.15, 0.2) is 0 Å². The summed E-state index contributed by atoms with van der Waals surface area (Å²) in [6, 6.07) is 6.60. The van der Waals surface area contributed by atoms with E-state index >= 15 is 0 Å². The van der Waals surface area contributed by atoms with Crippen molar-refractivity contribution in [3.05, 3.63) is 42.5 Å². The van der Waals surface area contributed by atoms with E-state index in [9.17, 15) is 8.42 Å². The monoisotopic (exact) mass is 280 g/mol. The number of nitrogens with one attached hydrogen (secondary N) is 3. The summed E-state index contributed by atoms with van der Waals surface area (Å²) in [7, 11) is -1.67. The molecule has 1 aromatic heterocycles. The van der Waals surface area contributed by atoms with E-state index in [1.807, 2.05) is 0 Å². The Bertz CT molecular complexity index is 606. The standard InChI is InChI=1S/C12H16N4O2S/c1-13-10-2-4-12(5-3-10)19(17,18)16-7-6-11-8-14-9-15-11/h2-5,8-9,13,16H,6-7H2,1H3,(H,14,15). The van der Waals surface area contributed by atoms with Gasteiger partial charge in [-0.2, -0.15) is 0 Å². The van der Waals surface area contributed by atoms with E-state index < -0.39 is 10.0 Å². The SMILES string of the molecule is CNc1ccc(S(=O)(=O)NCCc2cnc[nH]2)cc1. The molecule has 19 heavy (non-hydrogen) atoms. The maximum Gasteiger partial charge on any atom is 0.240 e. The minimum atomic E-state index is -3.45. The number of rotatable bonds is 6. The highest BCUT2D eigenvalue weighted by molar-refractivity contribution is 7.89. The Labute approximate surface area is 112 Å². The van der Waals surface area contributed by atoms with Gasteiger partial charge in [0.2, 0.25) is 10.0 Å². The van der Waals surface area contributed by atoms with Gasteiger partial charge in [0.25, 0.3) is 0 Å². The predicted molar refractivity (Wildman–Crippen MR) is 73.5 cm³/mol. The van der Waals surface area contributed by atoms with Crippen LogP contribution in [0.1, 0.15) is 5.69 Å². The zero-order valence-electron chi connectivity index (χ0n) is 10.6. The van der Waals surface area contributed by atoms with Crippen molar-refractivity contribution in [2.75, 3.05) is 18.9 Å². The first-order valence-corrected chi connectivity index (χ1v) is 7.35. The van der Waals surface area contributed by atoms with Gasteiger partial charge in [-0.25, -0.2) is 18.1 Å². The third-order valence-corrected chi connectivity index (χ3v) is 4.17. The quantitative estimate of drug-likeness (QED) is 0.736. The molecule has 102 valence electrons. The lowest BCUT2D eigenvalue weighted by atomic mass is 10.3. The molecule has 6 nitrogen and oxygen atoms in total. The maximum absolute atomic E-state index is 12.0. The highest BCUT2D eigenvalue weighted by Gasteiger charge is 2.12. The second-order valence-corrected chi connectivity index (χ2v) is 5.77. The zero-order valence-corrected chi connectivity index (χ0v) is 11.4. The van der Waals surface area contributed by atoms with Crippen molar-refractivity contribution in [3.8, 4) is 0 Å². The lowest BCUT2D eigenvalue weighted by Gasteiger charge is -2.07. The fourth-order valence-corrected chi connectivity index (χ4v) is 2.66. The molecular weight excluding hydrogens is 264 g/mol. The summed E-state index contributed by atoms with van der Waals surface area (Å²) in [6.07, 6.45) is 3.82. The molecule has 0 aliphatic rings. The van der Waals surface area contributed by atoms with E-state index in [0.29, 0.717) is 13.0 Å². The molecule has 2 rings (SSSR count). The van der Waals surface area contributed by atoms with Crippen molar-refractivity contribution in [1.82, 2.24) is 14.7 Å². The van der Waals surface area contributed by atoms with Crippen molar-refractivity contribution in [1.29, 1.82) is 0 Å². The molecule has 0 aliphatic carbocycles. The first kappa shape index (κ1) is 13.6. The molecule has 0 spiro atoms. The number of benzene rings is 1. The number of hydrogen-bond acceptors (Lipinski definition) is 4. The van der Waals surface area contributed by atoms with Gasteiger partial charge in [-0.05, 0) is 24.3 Å². The van der Waals surface area contributed by atoms with Crippen LogP contribution in [0.15, 0.2) is 41.7 Å². The number of aromatic amines is 1. The Morgan fingerprint density at radius 2 is 2.00 bits per heavy atom. The van der Waals surface area contributed by atoms with E-state index in [2.05, 4.69) is 20.0 Å². The largest absolute Gasteiger partial charge is 0.388 e. The van der Waals surface area contributed by atoms with Crippen molar-refractivity contribution in [2.45, 2.75) is 11.3 Å². The van der Waals surface area contributed by atoms with Crippen LogP contribution in [-0.2, 0) is 16.4 Å². The van der Waals surface area contributed by atoms with Crippen LogP contribution in [0.3, 0.4) is 0 Å². The van der Waals surface area contributed by atoms with Crippen LogP contribution in [-0.4, -0.2) is 32.0 Å². The molecule has 3 N–H and O–H groups in total. The average Bonchev–Trinajstić information content (AvgIpc) is 2.92. The van der Waals surface area contributed by atoms with Crippen LogP contribution >= 0.6 is 0 Å². The molecule has 0 aliphatic heterocycles. The van der Waals surface area contributed by atoms with E-state index in [-0.39, 0.29) is 4.90 Å². The van der Waals surface area contributed by atoms with Gasteiger partial charge in [0, 0.05) is 37.6 Å². The van der Waals surface area contributed by atoms with Gasteiger partial charge in [0.05, 0.1) is 11.2 Å². The lowest BCUT2D eigenvalue weighted by Crippen LogP contribution is -2.26. The molecule has 7 heteroatoms. The fraction of sp³-hybridized carbons (Fsp3) is 0.250. The van der Waals surface area contributed by atoms with Gasteiger partial charge in [-0.15, -0.1) is 0 Å². The summed E-state index contributed by atoms with van der Waals surface area (Å²) in [5, 5.41) is 2.94.